The zero-order valence-corrected chi connectivity index (χ0v) is 7.67. The van der Waals surface area contributed by atoms with Crippen molar-refractivity contribution in [1.82, 2.24) is 0 Å². The number of hydrogen-bond acceptors (Lipinski definition) is 4. The molecule has 0 aromatic heterocycles. The van der Waals surface area contributed by atoms with Gasteiger partial charge in [-0.3, -0.25) is 0 Å². The SMILES string of the molecule is O=C1OCc2c1cccc2S(=O)(=O)F. The topological polar surface area (TPSA) is 60.4 Å². The number of hydrogen-bond donors (Lipinski definition) is 0. The molecule has 0 N–H and O–H groups in total. The molecule has 4 nitrogen and oxygen atoms in total. The lowest BCUT2D eigenvalue weighted by molar-refractivity contribution is 0.0534. The predicted molar refractivity (Wildman–Crippen MR) is 43.9 cm³/mol. The molecule has 0 saturated heterocycles. The van der Waals surface area contributed by atoms with E-state index in [0.717, 1.165) is 6.07 Å². The van der Waals surface area contributed by atoms with Gasteiger partial charge in [-0.05, 0) is 12.1 Å². The van der Waals surface area contributed by atoms with E-state index < -0.39 is 21.1 Å². The van der Waals surface area contributed by atoms with Crippen molar-refractivity contribution in [2.75, 3.05) is 0 Å². The molecule has 0 radical (unpaired) electrons. The summed E-state index contributed by atoms with van der Waals surface area (Å²) in [5, 5.41) is 0. The first kappa shape index (κ1) is 9.14. The average molecular weight is 216 g/mol. The van der Waals surface area contributed by atoms with E-state index >= 15 is 0 Å². The van der Waals surface area contributed by atoms with Crippen LogP contribution >= 0.6 is 0 Å². The molecule has 0 amide bonds. The molecule has 1 aromatic carbocycles. The highest BCUT2D eigenvalue weighted by atomic mass is 32.3. The van der Waals surface area contributed by atoms with Crippen LogP contribution in [0.4, 0.5) is 3.89 Å². The van der Waals surface area contributed by atoms with Crippen molar-refractivity contribution in [2.45, 2.75) is 11.5 Å². The lowest BCUT2D eigenvalue weighted by Crippen LogP contribution is -1.99. The molecule has 6 heteroatoms. The minimum Gasteiger partial charge on any atom is -0.457 e. The van der Waals surface area contributed by atoms with E-state index in [4.69, 9.17) is 0 Å². The van der Waals surface area contributed by atoms with Crippen LogP contribution in [0.15, 0.2) is 23.1 Å². The van der Waals surface area contributed by atoms with E-state index in [9.17, 15) is 17.1 Å². The number of ether oxygens (including phenoxy) is 1. The van der Waals surface area contributed by atoms with Gasteiger partial charge in [-0.15, -0.1) is 3.89 Å². The third kappa shape index (κ3) is 1.27. The fraction of sp³-hybridized carbons (Fsp3) is 0.125. The minimum absolute atomic E-state index is 0.0972. The van der Waals surface area contributed by atoms with Crippen LogP contribution < -0.4 is 0 Å². The number of carbonyl (C=O) groups is 1. The van der Waals surface area contributed by atoms with Gasteiger partial charge in [-0.2, -0.15) is 8.42 Å². The number of cyclic esters (lactones) is 1. The van der Waals surface area contributed by atoms with Crippen LogP contribution in [0, 0.1) is 0 Å². The molecule has 0 aliphatic carbocycles. The van der Waals surface area contributed by atoms with Gasteiger partial charge in [0.2, 0.25) is 0 Å². The van der Waals surface area contributed by atoms with Crippen LogP contribution in [-0.2, 0) is 21.6 Å². The van der Waals surface area contributed by atoms with Gasteiger partial charge in [0, 0.05) is 5.56 Å². The summed E-state index contributed by atoms with van der Waals surface area (Å²) in [6, 6.07) is 3.81. The predicted octanol–water partition coefficient (Wildman–Crippen LogP) is 1.02. The normalized spacial score (nSPS) is 15.1. The van der Waals surface area contributed by atoms with Crippen LogP contribution in [0.25, 0.3) is 0 Å². The Kier molecular flexibility index (Phi) is 1.81. The molecular formula is C8H5FO4S. The van der Waals surface area contributed by atoms with Crippen molar-refractivity contribution in [3.63, 3.8) is 0 Å². The first-order chi connectivity index (χ1) is 6.50. The summed E-state index contributed by atoms with van der Waals surface area (Å²) in [5.41, 5.74) is 0.212. The van der Waals surface area contributed by atoms with Gasteiger partial charge >= 0.3 is 16.2 Å². The molecule has 0 bridgehead atoms. The molecule has 0 unspecified atom stereocenters. The molecule has 2 rings (SSSR count). The lowest BCUT2D eigenvalue weighted by atomic mass is 10.1. The van der Waals surface area contributed by atoms with E-state index in [1.54, 1.807) is 0 Å². The van der Waals surface area contributed by atoms with E-state index in [-0.39, 0.29) is 17.7 Å². The summed E-state index contributed by atoms with van der Waals surface area (Å²) < 4.78 is 38.6. The van der Waals surface area contributed by atoms with E-state index in [2.05, 4.69) is 4.74 Å². The second-order valence-electron chi connectivity index (χ2n) is 2.80. The van der Waals surface area contributed by atoms with E-state index in [0.29, 0.717) is 0 Å². The minimum atomic E-state index is -4.78. The standard InChI is InChI=1S/C8H5FO4S/c9-14(11,12)7-3-1-2-5-6(7)4-13-8(5)10/h1-3H,4H2. The molecule has 74 valence electrons. The summed E-state index contributed by atoms with van der Waals surface area (Å²) >= 11 is 0. The van der Waals surface area contributed by atoms with Crippen LogP contribution in [0.5, 0.6) is 0 Å². The monoisotopic (exact) mass is 216 g/mol. The number of benzene rings is 1. The second kappa shape index (κ2) is 2.78. The van der Waals surface area contributed by atoms with Crippen molar-refractivity contribution in [3.05, 3.63) is 29.3 Å². The molecular weight excluding hydrogens is 211 g/mol. The fourth-order valence-electron chi connectivity index (χ4n) is 1.35. The molecule has 0 saturated carbocycles. The molecule has 14 heavy (non-hydrogen) atoms. The van der Waals surface area contributed by atoms with Crippen molar-refractivity contribution in [1.29, 1.82) is 0 Å². The van der Waals surface area contributed by atoms with E-state index in [1.165, 1.54) is 12.1 Å². The number of esters is 1. The van der Waals surface area contributed by atoms with Crippen LogP contribution in [0.1, 0.15) is 15.9 Å². The smallest absolute Gasteiger partial charge is 0.338 e. The third-order valence-corrected chi connectivity index (χ3v) is 2.87. The number of carbonyl (C=O) groups excluding carboxylic acids is 1. The molecule has 0 atom stereocenters. The lowest BCUT2D eigenvalue weighted by Gasteiger charge is -1.99. The first-order valence-electron chi connectivity index (χ1n) is 3.74. The van der Waals surface area contributed by atoms with Crippen molar-refractivity contribution in [2.24, 2.45) is 0 Å². The van der Waals surface area contributed by atoms with Crippen LogP contribution in [-0.4, -0.2) is 14.4 Å². The Morgan fingerprint density at radius 2 is 2.07 bits per heavy atom. The first-order valence-corrected chi connectivity index (χ1v) is 5.12. The fourth-order valence-corrected chi connectivity index (χ4v) is 2.05. The Labute approximate surface area is 79.5 Å². The maximum Gasteiger partial charge on any atom is 0.338 e. The Balaban J connectivity index is 2.73. The molecule has 0 fully saturated rings. The number of rotatable bonds is 1. The summed E-state index contributed by atoms with van der Waals surface area (Å²) in [5.74, 6) is -0.620. The molecule has 1 heterocycles. The van der Waals surface area contributed by atoms with Gasteiger partial charge in [0.1, 0.15) is 11.5 Å². The molecule has 0 spiro atoms. The van der Waals surface area contributed by atoms with Gasteiger partial charge in [-0.1, -0.05) is 6.07 Å². The van der Waals surface area contributed by atoms with Gasteiger partial charge < -0.3 is 4.74 Å². The summed E-state index contributed by atoms with van der Waals surface area (Å²) in [7, 11) is -4.78. The molecule has 1 aromatic rings. The van der Waals surface area contributed by atoms with Gasteiger partial charge in [0.05, 0.1) is 5.56 Å². The van der Waals surface area contributed by atoms with Crippen LogP contribution in [0.2, 0.25) is 0 Å². The summed E-state index contributed by atoms with van der Waals surface area (Å²) in [6.07, 6.45) is 0. The van der Waals surface area contributed by atoms with Crippen molar-refractivity contribution in [3.8, 4) is 0 Å². The molecule has 1 aliphatic heterocycles. The maximum atomic E-state index is 12.7. The van der Waals surface area contributed by atoms with E-state index in [1.807, 2.05) is 0 Å². The Morgan fingerprint density at radius 3 is 2.71 bits per heavy atom. The quantitative estimate of drug-likeness (QED) is 0.519. The highest BCUT2D eigenvalue weighted by Gasteiger charge is 2.28. The highest BCUT2D eigenvalue weighted by molar-refractivity contribution is 7.86. The average Bonchev–Trinajstić information content (AvgIpc) is 2.46. The van der Waals surface area contributed by atoms with Crippen molar-refractivity contribution >= 4 is 16.2 Å². The summed E-state index contributed by atoms with van der Waals surface area (Å²) in [6.45, 7) is -0.187. The van der Waals surface area contributed by atoms with Gasteiger partial charge in [-0.25, -0.2) is 4.79 Å². The largest absolute Gasteiger partial charge is 0.457 e. The zero-order chi connectivity index (χ0) is 10.3. The number of fused-ring (bicyclic) bond motifs is 1. The van der Waals surface area contributed by atoms with Crippen molar-refractivity contribution < 1.29 is 21.8 Å². The Morgan fingerprint density at radius 1 is 1.36 bits per heavy atom. The molecule has 1 aliphatic rings. The number of halogens is 1. The Bertz CT molecular complexity index is 506. The zero-order valence-electron chi connectivity index (χ0n) is 6.86. The highest BCUT2D eigenvalue weighted by Crippen LogP contribution is 2.27. The third-order valence-electron chi connectivity index (χ3n) is 1.96. The van der Waals surface area contributed by atoms with Gasteiger partial charge in [0.25, 0.3) is 0 Å². The second-order valence-corrected chi connectivity index (χ2v) is 4.11. The van der Waals surface area contributed by atoms with Crippen LogP contribution in [0.3, 0.4) is 0 Å². The van der Waals surface area contributed by atoms with Gasteiger partial charge in [0.15, 0.2) is 0 Å². The summed E-state index contributed by atoms with van der Waals surface area (Å²) in [4.78, 5) is 10.5. The Hall–Kier alpha value is -1.43. The maximum absolute atomic E-state index is 12.7.